The van der Waals surface area contributed by atoms with E-state index in [9.17, 15) is 8.42 Å². The smallest absolute Gasteiger partial charge is 0.180 e. The first-order valence-electron chi connectivity index (χ1n) is 9.02. The first-order chi connectivity index (χ1) is 12.4. The standard InChI is InChI=1S/C19H22ClN3O2S/c1-3-26(24,25)17-8-14(12-4-5-12)10-21-18(17)19-22-11-15(23(19)2)9-16(20)13-6-7-13/h8-13H,3-7H2,1-2H3/b16-9+. The van der Waals surface area contributed by atoms with Gasteiger partial charge in [0.1, 0.15) is 5.69 Å². The summed E-state index contributed by atoms with van der Waals surface area (Å²) in [5.74, 6) is 1.49. The van der Waals surface area contributed by atoms with Crippen molar-refractivity contribution in [3.8, 4) is 11.5 Å². The van der Waals surface area contributed by atoms with Gasteiger partial charge in [0, 0.05) is 18.3 Å². The van der Waals surface area contributed by atoms with E-state index in [2.05, 4.69) is 9.97 Å². The van der Waals surface area contributed by atoms with Crippen molar-refractivity contribution in [2.24, 2.45) is 13.0 Å². The Balaban J connectivity index is 1.80. The molecule has 2 aromatic heterocycles. The number of halogens is 1. The summed E-state index contributed by atoms with van der Waals surface area (Å²) < 4.78 is 27.2. The van der Waals surface area contributed by atoms with Crippen LogP contribution in [0.15, 0.2) is 28.4 Å². The Kier molecular flexibility index (Phi) is 4.43. The van der Waals surface area contributed by atoms with Gasteiger partial charge < -0.3 is 4.57 Å². The molecule has 4 rings (SSSR count). The summed E-state index contributed by atoms with van der Waals surface area (Å²) in [4.78, 5) is 9.24. The van der Waals surface area contributed by atoms with Crippen LogP contribution in [0.4, 0.5) is 0 Å². The molecule has 2 heterocycles. The third-order valence-electron chi connectivity index (χ3n) is 5.13. The molecule has 0 bridgehead atoms. The van der Waals surface area contributed by atoms with Crippen LogP contribution in [0.25, 0.3) is 17.6 Å². The summed E-state index contributed by atoms with van der Waals surface area (Å²) in [6.45, 7) is 1.66. The molecule has 26 heavy (non-hydrogen) atoms. The van der Waals surface area contributed by atoms with Crippen LogP contribution in [0, 0.1) is 5.92 Å². The number of allylic oxidation sites excluding steroid dienone is 1. The third kappa shape index (κ3) is 3.32. The van der Waals surface area contributed by atoms with Crippen LogP contribution in [0.1, 0.15) is 49.8 Å². The molecule has 0 N–H and O–H groups in total. The normalized spacial score (nSPS) is 18.3. The molecule has 0 aromatic carbocycles. The molecule has 0 radical (unpaired) electrons. The lowest BCUT2D eigenvalue weighted by Gasteiger charge is -2.11. The second-order valence-electron chi connectivity index (χ2n) is 7.16. The lowest BCUT2D eigenvalue weighted by Crippen LogP contribution is -2.09. The van der Waals surface area contributed by atoms with Crippen LogP contribution in [0.2, 0.25) is 0 Å². The van der Waals surface area contributed by atoms with Crippen molar-refractivity contribution in [3.63, 3.8) is 0 Å². The van der Waals surface area contributed by atoms with E-state index in [1.807, 2.05) is 17.7 Å². The Labute approximate surface area is 159 Å². The minimum absolute atomic E-state index is 0.0422. The molecule has 2 aromatic rings. The Morgan fingerprint density at radius 3 is 2.62 bits per heavy atom. The number of hydrogen-bond donors (Lipinski definition) is 0. The number of pyridine rings is 1. The highest BCUT2D eigenvalue weighted by molar-refractivity contribution is 7.91. The molecule has 2 aliphatic carbocycles. The van der Waals surface area contributed by atoms with E-state index in [0.717, 1.165) is 42.0 Å². The number of sulfone groups is 1. The molecule has 5 nitrogen and oxygen atoms in total. The SMILES string of the molecule is CCS(=O)(=O)c1cc(C2CC2)cnc1-c1ncc(/C=C(/Cl)C2CC2)n1C. The van der Waals surface area contributed by atoms with Crippen LogP contribution in [0.3, 0.4) is 0 Å². The summed E-state index contributed by atoms with van der Waals surface area (Å²) in [5.41, 5.74) is 2.28. The van der Waals surface area contributed by atoms with E-state index in [1.54, 1.807) is 25.4 Å². The van der Waals surface area contributed by atoms with E-state index >= 15 is 0 Å². The van der Waals surface area contributed by atoms with Gasteiger partial charge in [-0.15, -0.1) is 0 Å². The number of aromatic nitrogens is 3. The van der Waals surface area contributed by atoms with Gasteiger partial charge in [0.15, 0.2) is 15.7 Å². The number of imidazole rings is 1. The van der Waals surface area contributed by atoms with E-state index in [1.165, 1.54) is 0 Å². The van der Waals surface area contributed by atoms with Crippen LogP contribution in [0.5, 0.6) is 0 Å². The maximum atomic E-state index is 12.7. The Morgan fingerprint density at radius 1 is 1.27 bits per heavy atom. The second-order valence-corrected chi connectivity index (χ2v) is 9.85. The van der Waals surface area contributed by atoms with E-state index in [-0.39, 0.29) is 10.6 Å². The predicted molar refractivity (Wildman–Crippen MR) is 103 cm³/mol. The summed E-state index contributed by atoms with van der Waals surface area (Å²) in [5, 5.41) is 0.831. The first kappa shape index (κ1) is 17.7. The lowest BCUT2D eigenvalue weighted by molar-refractivity contribution is 0.597. The topological polar surface area (TPSA) is 64.8 Å². The minimum atomic E-state index is -3.40. The maximum absolute atomic E-state index is 12.7. The van der Waals surface area contributed by atoms with Gasteiger partial charge in [0.05, 0.1) is 22.5 Å². The quantitative estimate of drug-likeness (QED) is 0.742. The van der Waals surface area contributed by atoms with E-state index in [0.29, 0.717) is 23.4 Å². The molecule has 7 heteroatoms. The summed E-state index contributed by atoms with van der Waals surface area (Å²) in [6, 6.07) is 1.79. The van der Waals surface area contributed by atoms with E-state index < -0.39 is 9.84 Å². The largest absolute Gasteiger partial charge is 0.326 e. The molecular formula is C19H22ClN3O2S. The fraction of sp³-hybridized carbons (Fsp3) is 0.474. The molecule has 2 aliphatic rings. The van der Waals surface area contributed by atoms with Gasteiger partial charge >= 0.3 is 0 Å². The summed E-state index contributed by atoms with van der Waals surface area (Å²) >= 11 is 6.34. The van der Waals surface area contributed by atoms with Crippen molar-refractivity contribution in [2.45, 2.75) is 43.4 Å². The molecule has 0 atom stereocenters. The van der Waals surface area contributed by atoms with Crippen molar-refractivity contribution in [1.82, 2.24) is 14.5 Å². The molecule has 138 valence electrons. The first-order valence-corrected chi connectivity index (χ1v) is 11.1. The molecule has 0 unspecified atom stereocenters. The molecule has 2 saturated carbocycles. The maximum Gasteiger partial charge on any atom is 0.180 e. The van der Waals surface area contributed by atoms with Crippen LogP contribution in [-0.2, 0) is 16.9 Å². The van der Waals surface area contributed by atoms with E-state index in [4.69, 9.17) is 11.6 Å². The van der Waals surface area contributed by atoms with Crippen LogP contribution < -0.4 is 0 Å². The van der Waals surface area contributed by atoms with Crippen molar-refractivity contribution in [2.75, 3.05) is 5.75 Å². The fourth-order valence-corrected chi connectivity index (χ4v) is 4.45. The Morgan fingerprint density at radius 2 is 2.00 bits per heavy atom. The molecule has 0 aliphatic heterocycles. The average molecular weight is 392 g/mol. The monoisotopic (exact) mass is 391 g/mol. The second kappa shape index (κ2) is 6.50. The minimum Gasteiger partial charge on any atom is -0.326 e. The fourth-order valence-electron chi connectivity index (χ4n) is 3.06. The van der Waals surface area contributed by atoms with Gasteiger partial charge in [0.25, 0.3) is 0 Å². The van der Waals surface area contributed by atoms with Gasteiger partial charge in [-0.05, 0) is 55.2 Å². The Bertz CT molecular complexity index is 986. The zero-order chi connectivity index (χ0) is 18.5. The molecule has 0 saturated heterocycles. The van der Waals surface area contributed by atoms with Crippen molar-refractivity contribution >= 4 is 27.5 Å². The Hall–Kier alpha value is -1.66. The number of hydrogen-bond acceptors (Lipinski definition) is 4. The molecule has 0 amide bonds. The van der Waals surface area contributed by atoms with Crippen molar-refractivity contribution < 1.29 is 8.42 Å². The predicted octanol–water partition coefficient (Wildman–Crippen LogP) is 4.14. The third-order valence-corrected chi connectivity index (χ3v) is 7.29. The van der Waals surface area contributed by atoms with Gasteiger partial charge in [-0.2, -0.15) is 0 Å². The summed E-state index contributed by atoms with van der Waals surface area (Å²) in [6.07, 6.45) is 9.89. The van der Waals surface area contributed by atoms with Gasteiger partial charge in [-0.3, -0.25) is 4.98 Å². The zero-order valence-electron chi connectivity index (χ0n) is 14.9. The molecule has 2 fully saturated rings. The average Bonchev–Trinajstić information content (AvgIpc) is 3.54. The van der Waals surface area contributed by atoms with Crippen molar-refractivity contribution in [3.05, 3.63) is 34.7 Å². The van der Waals surface area contributed by atoms with Gasteiger partial charge in [-0.25, -0.2) is 13.4 Å². The zero-order valence-corrected chi connectivity index (χ0v) is 16.5. The lowest BCUT2D eigenvalue weighted by atomic mass is 10.2. The molecular weight excluding hydrogens is 370 g/mol. The highest BCUT2D eigenvalue weighted by Gasteiger charge is 2.29. The highest BCUT2D eigenvalue weighted by Crippen LogP contribution is 2.42. The van der Waals surface area contributed by atoms with Crippen LogP contribution in [-0.4, -0.2) is 28.7 Å². The number of nitrogens with zero attached hydrogens (tertiary/aromatic N) is 3. The van der Waals surface area contributed by atoms with Crippen molar-refractivity contribution in [1.29, 1.82) is 0 Å². The molecule has 0 spiro atoms. The summed E-state index contributed by atoms with van der Waals surface area (Å²) in [7, 11) is -1.53. The number of rotatable bonds is 6. The van der Waals surface area contributed by atoms with Gasteiger partial charge in [-0.1, -0.05) is 18.5 Å². The highest BCUT2D eigenvalue weighted by atomic mass is 35.5. The van der Waals surface area contributed by atoms with Crippen LogP contribution >= 0.6 is 11.6 Å². The van der Waals surface area contributed by atoms with Gasteiger partial charge in [0.2, 0.25) is 0 Å².